The molecule has 1 N–H and O–H groups in total. The van der Waals surface area contributed by atoms with Crippen LogP contribution in [0, 0.1) is 0 Å². The van der Waals surface area contributed by atoms with Gasteiger partial charge in [0.1, 0.15) is 0 Å². The number of allylic oxidation sites excluding steroid dienone is 1. The van der Waals surface area contributed by atoms with Gasteiger partial charge in [0.05, 0.1) is 0 Å². The molecular formula is C19H25NO2. The van der Waals surface area contributed by atoms with E-state index in [4.69, 9.17) is 5.11 Å². The smallest absolute Gasteiger partial charge is 0.328 e. The first-order valence-electron chi connectivity index (χ1n) is 8.09. The molecule has 0 amide bonds. The number of carboxylic acid groups (broad SMARTS) is 1. The van der Waals surface area contributed by atoms with Crippen molar-refractivity contribution in [2.24, 2.45) is 0 Å². The van der Waals surface area contributed by atoms with Crippen molar-refractivity contribution >= 4 is 22.4 Å². The van der Waals surface area contributed by atoms with Gasteiger partial charge in [0.15, 0.2) is 0 Å². The summed E-state index contributed by atoms with van der Waals surface area (Å²) in [5.41, 5.74) is 2.98. The number of carboxylic acids is 1. The first kappa shape index (κ1) is 16.3. The highest BCUT2D eigenvalue weighted by molar-refractivity contribution is 5.91. The van der Waals surface area contributed by atoms with Crippen LogP contribution in [0.15, 0.2) is 36.5 Å². The Kier molecular flexibility index (Phi) is 5.42. The molecular weight excluding hydrogens is 274 g/mol. The Labute approximate surface area is 132 Å². The zero-order chi connectivity index (χ0) is 16.1. The van der Waals surface area contributed by atoms with Gasteiger partial charge in [-0.2, -0.15) is 0 Å². The minimum absolute atomic E-state index is 0.550. The Morgan fingerprint density at radius 3 is 2.50 bits per heavy atom. The van der Waals surface area contributed by atoms with Crippen LogP contribution in [0.3, 0.4) is 0 Å². The Balaban J connectivity index is 2.39. The number of hydrogen-bond acceptors (Lipinski definition) is 1. The molecule has 1 heterocycles. The molecule has 0 fully saturated rings. The first-order chi connectivity index (χ1) is 10.6. The van der Waals surface area contributed by atoms with E-state index in [1.54, 1.807) is 0 Å². The maximum atomic E-state index is 10.8. The maximum absolute atomic E-state index is 10.8. The summed E-state index contributed by atoms with van der Waals surface area (Å²) in [6.45, 7) is 6.29. The molecule has 118 valence electrons. The standard InChI is InChI=1S/C19H25NO2/c1-4-6-17(7-5-2)20-11-10-16-13-15(8-9-18(16)20)14(3)12-19(21)22/h8-13,17H,4-7H2,1-3H3,(H,21,22). The van der Waals surface area contributed by atoms with Crippen molar-refractivity contribution in [2.45, 2.75) is 52.5 Å². The van der Waals surface area contributed by atoms with Crippen molar-refractivity contribution in [3.63, 3.8) is 0 Å². The molecule has 0 saturated heterocycles. The third-order valence-corrected chi connectivity index (χ3v) is 4.15. The summed E-state index contributed by atoms with van der Waals surface area (Å²) in [5, 5.41) is 10.0. The van der Waals surface area contributed by atoms with E-state index < -0.39 is 5.97 Å². The monoisotopic (exact) mass is 299 g/mol. The van der Waals surface area contributed by atoms with Crippen LogP contribution in [0.4, 0.5) is 0 Å². The van der Waals surface area contributed by atoms with E-state index in [-0.39, 0.29) is 0 Å². The normalized spacial score (nSPS) is 12.3. The number of benzene rings is 1. The number of fused-ring (bicyclic) bond motifs is 1. The molecule has 22 heavy (non-hydrogen) atoms. The third kappa shape index (κ3) is 3.59. The van der Waals surface area contributed by atoms with Crippen molar-refractivity contribution in [2.75, 3.05) is 0 Å². The molecule has 0 atom stereocenters. The summed E-state index contributed by atoms with van der Waals surface area (Å²) < 4.78 is 2.38. The molecule has 0 radical (unpaired) electrons. The van der Waals surface area contributed by atoms with Gasteiger partial charge < -0.3 is 9.67 Å². The van der Waals surface area contributed by atoms with Crippen LogP contribution in [-0.2, 0) is 4.79 Å². The summed E-state index contributed by atoms with van der Waals surface area (Å²) in [6.07, 6.45) is 8.18. The lowest BCUT2D eigenvalue weighted by atomic mass is 10.0. The van der Waals surface area contributed by atoms with E-state index in [9.17, 15) is 4.79 Å². The Morgan fingerprint density at radius 2 is 1.91 bits per heavy atom. The van der Waals surface area contributed by atoms with Gasteiger partial charge in [-0.1, -0.05) is 32.8 Å². The van der Waals surface area contributed by atoms with Gasteiger partial charge in [0.25, 0.3) is 0 Å². The van der Waals surface area contributed by atoms with Crippen LogP contribution >= 0.6 is 0 Å². The van der Waals surface area contributed by atoms with Crippen molar-refractivity contribution < 1.29 is 9.90 Å². The SMILES string of the molecule is CCCC(CCC)n1ccc2cc(C(C)=CC(=O)O)ccc21. The number of rotatable bonds is 7. The number of aliphatic carboxylic acids is 1. The summed E-state index contributed by atoms with van der Waals surface area (Å²) >= 11 is 0. The zero-order valence-corrected chi connectivity index (χ0v) is 13.7. The second-order valence-electron chi connectivity index (χ2n) is 5.89. The molecule has 3 nitrogen and oxygen atoms in total. The molecule has 1 aromatic carbocycles. The van der Waals surface area contributed by atoms with E-state index in [1.807, 2.05) is 13.0 Å². The lowest BCUT2D eigenvalue weighted by molar-refractivity contribution is -0.131. The lowest BCUT2D eigenvalue weighted by Gasteiger charge is -2.19. The zero-order valence-electron chi connectivity index (χ0n) is 13.7. The van der Waals surface area contributed by atoms with Gasteiger partial charge in [0, 0.05) is 29.2 Å². The highest BCUT2D eigenvalue weighted by Crippen LogP contribution is 2.28. The van der Waals surface area contributed by atoms with Gasteiger partial charge in [-0.25, -0.2) is 4.79 Å². The van der Waals surface area contributed by atoms with Crippen LogP contribution in [0.1, 0.15) is 58.1 Å². The Morgan fingerprint density at radius 1 is 1.23 bits per heavy atom. The van der Waals surface area contributed by atoms with E-state index in [1.165, 1.54) is 42.7 Å². The molecule has 0 aliphatic rings. The first-order valence-corrected chi connectivity index (χ1v) is 8.09. The number of carbonyl (C=O) groups is 1. The van der Waals surface area contributed by atoms with E-state index in [0.717, 1.165) is 11.1 Å². The van der Waals surface area contributed by atoms with Crippen LogP contribution in [-0.4, -0.2) is 15.6 Å². The van der Waals surface area contributed by atoms with Crippen molar-refractivity contribution in [1.82, 2.24) is 4.57 Å². The van der Waals surface area contributed by atoms with Gasteiger partial charge >= 0.3 is 5.97 Å². The van der Waals surface area contributed by atoms with Gasteiger partial charge in [-0.3, -0.25) is 0 Å². The van der Waals surface area contributed by atoms with Gasteiger partial charge in [0.2, 0.25) is 0 Å². The minimum Gasteiger partial charge on any atom is -0.478 e. The molecule has 2 rings (SSSR count). The topological polar surface area (TPSA) is 42.2 Å². The van der Waals surface area contributed by atoms with Gasteiger partial charge in [-0.15, -0.1) is 0 Å². The maximum Gasteiger partial charge on any atom is 0.328 e. The second kappa shape index (κ2) is 7.30. The fourth-order valence-electron chi connectivity index (χ4n) is 3.09. The molecule has 1 aromatic heterocycles. The highest BCUT2D eigenvalue weighted by Gasteiger charge is 2.12. The molecule has 0 saturated carbocycles. The summed E-state index contributed by atoms with van der Waals surface area (Å²) in [4.78, 5) is 10.8. The lowest BCUT2D eigenvalue weighted by Crippen LogP contribution is -2.07. The Hall–Kier alpha value is -2.03. The molecule has 0 aliphatic carbocycles. The average molecular weight is 299 g/mol. The van der Waals surface area contributed by atoms with E-state index in [0.29, 0.717) is 6.04 Å². The van der Waals surface area contributed by atoms with E-state index >= 15 is 0 Å². The molecule has 0 unspecified atom stereocenters. The predicted molar refractivity (Wildman–Crippen MR) is 92.1 cm³/mol. The molecule has 0 bridgehead atoms. The minimum atomic E-state index is -0.902. The molecule has 3 heteroatoms. The number of nitrogens with zero attached hydrogens (tertiary/aromatic N) is 1. The quantitative estimate of drug-likeness (QED) is 0.708. The largest absolute Gasteiger partial charge is 0.478 e. The fourth-order valence-corrected chi connectivity index (χ4v) is 3.09. The molecule has 0 spiro atoms. The van der Waals surface area contributed by atoms with Crippen LogP contribution in [0.5, 0.6) is 0 Å². The Bertz CT molecular complexity index is 676. The number of aromatic nitrogens is 1. The van der Waals surface area contributed by atoms with E-state index in [2.05, 4.69) is 42.8 Å². The highest BCUT2D eigenvalue weighted by atomic mass is 16.4. The fraction of sp³-hybridized carbons (Fsp3) is 0.421. The number of hydrogen-bond donors (Lipinski definition) is 1. The van der Waals surface area contributed by atoms with Crippen LogP contribution in [0.25, 0.3) is 16.5 Å². The molecule has 0 aliphatic heterocycles. The van der Waals surface area contributed by atoms with Gasteiger partial charge in [-0.05, 0) is 49.1 Å². The predicted octanol–water partition coefficient (Wildman–Crippen LogP) is 5.27. The summed E-state index contributed by atoms with van der Waals surface area (Å²) in [5.74, 6) is -0.902. The third-order valence-electron chi connectivity index (χ3n) is 4.15. The second-order valence-corrected chi connectivity index (χ2v) is 5.89. The molecule has 2 aromatic rings. The van der Waals surface area contributed by atoms with Crippen molar-refractivity contribution in [3.8, 4) is 0 Å². The average Bonchev–Trinajstić information content (AvgIpc) is 2.89. The summed E-state index contributed by atoms with van der Waals surface area (Å²) in [7, 11) is 0. The van der Waals surface area contributed by atoms with Crippen LogP contribution in [0.2, 0.25) is 0 Å². The van der Waals surface area contributed by atoms with Crippen molar-refractivity contribution in [1.29, 1.82) is 0 Å². The summed E-state index contributed by atoms with van der Waals surface area (Å²) in [6, 6.07) is 8.89. The van der Waals surface area contributed by atoms with Crippen molar-refractivity contribution in [3.05, 3.63) is 42.1 Å². The van der Waals surface area contributed by atoms with Crippen LogP contribution < -0.4 is 0 Å².